The molecular weight excluding hydrogens is 428 g/mol. The summed E-state index contributed by atoms with van der Waals surface area (Å²) in [6.45, 7) is 5.61. The van der Waals surface area contributed by atoms with Crippen LogP contribution in [0.3, 0.4) is 0 Å². The summed E-state index contributed by atoms with van der Waals surface area (Å²) < 4.78 is 11.4. The maximum atomic E-state index is 12.9. The van der Waals surface area contributed by atoms with Crippen molar-refractivity contribution in [3.8, 4) is 11.5 Å². The van der Waals surface area contributed by atoms with Crippen LogP contribution in [0.5, 0.6) is 11.5 Å². The van der Waals surface area contributed by atoms with E-state index in [4.69, 9.17) is 9.47 Å². The third-order valence-electron chi connectivity index (χ3n) is 6.17. The monoisotopic (exact) mass is 466 g/mol. The molecule has 2 aromatic carbocycles. The predicted octanol–water partition coefficient (Wildman–Crippen LogP) is 5.52. The lowest BCUT2D eigenvalue weighted by molar-refractivity contribution is 0.0862. The standard InChI is InChI=1S/C28H38N2O4/c1-3-5-19-33-23-15-11-21(12-16-23)27(31)29-25-9-7-8-10-26(25)30-28(32)22-13-17-24(18-14-22)34-20-6-4-2/h11-18,25-26H,3-10,19-20H2,1-2H3,(H,29,31)(H,30,32). The fraction of sp³-hybridized carbons (Fsp3) is 0.500. The van der Waals surface area contributed by atoms with Crippen LogP contribution in [-0.2, 0) is 0 Å². The van der Waals surface area contributed by atoms with Crippen molar-refractivity contribution in [3.05, 3.63) is 59.7 Å². The van der Waals surface area contributed by atoms with Crippen LogP contribution >= 0.6 is 0 Å². The van der Waals surface area contributed by atoms with E-state index in [1.807, 2.05) is 24.3 Å². The minimum Gasteiger partial charge on any atom is -0.494 e. The number of carbonyl (C=O) groups is 2. The Hall–Kier alpha value is -3.02. The average molecular weight is 467 g/mol. The maximum absolute atomic E-state index is 12.9. The van der Waals surface area contributed by atoms with Gasteiger partial charge in [0.05, 0.1) is 13.2 Å². The van der Waals surface area contributed by atoms with Gasteiger partial charge in [0.25, 0.3) is 11.8 Å². The molecule has 0 aromatic heterocycles. The molecule has 2 amide bonds. The number of unbranched alkanes of at least 4 members (excludes halogenated alkanes) is 2. The third kappa shape index (κ3) is 7.79. The number of carbonyl (C=O) groups excluding carboxylic acids is 2. The number of benzene rings is 2. The molecule has 0 spiro atoms. The van der Waals surface area contributed by atoms with E-state index < -0.39 is 0 Å². The summed E-state index contributed by atoms with van der Waals surface area (Å²) in [7, 11) is 0. The first-order valence-corrected chi connectivity index (χ1v) is 12.7. The van der Waals surface area contributed by atoms with Gasteiger partial charge in [-0.3, -0.25) is 9.59 Å². The highest BCUT2D eigenvalue weighted by atomic mass is 16.5. The molecular formula is C28H38N2O4. The predicted molar refractivity (Wildman–Crippen MR) is 135 cm³/mol. The fourth-order valence-corrected chi connectivity index (χ4v) is 4.05. The Morgan fingerprint density at radius 3 is 1.44 bits per heavy atom. The number of rotatable bonds is 12. The Balaban J connectivity index is 1.54. The van der Waals surface area contributed by atoms with Crippen molar-refractivity contribution < 1.29 is 19.1 Å². The molecule has 2 atom stereocenters. The molecule has 0 bridgehead atoms. The van der Waals surface area contributed by atoms with Gasteiger partial charge in [0.15, 0.2) is 0 Å². The summed E-state index contributed by atoms with van der Waals surface area (Å²) in [6, 6.07) is 14.3. The molecule has 2 N–H and O–H groups in total. The van der Waals surface area contributed by atoms with Gasteiger partial charge in [0, 0.05) is 23.2 Å². The Bertz CT molecular complexity index is 820. The molecule has 6 heteroatoms. The molecule has 0 saturated heterocycles. The van der Waals surface area contributed by atoms with Gasteiger partial charge in [-0.15, -0.1) is 0 Å². The van der Waals surface area contributed by atoms with Gasteiger partial charge in [-0.1, -0.05) is 39.5 Å². The van der Waals surface area contributed by atoms with E-state index in [0.717, 1.165) is 62.9 Å². The molecule has 1 saturated carbocycles. The molecule has 34 heavy (non-hydrogen) atoms. The summed E-state index contributed by atoms with van der Waals surface area (Å²) in [5.74, 6) is 1.30. The molecule has 0 heterocycles. The highest BCUT2D eigenvalue weighted by Gasteiger charge is 2.28. The highest BCUT2D eigenvalue weighted by Crippen LogP contribution is 2.21. The molecule has 1 aliphatic carbocycles. The second kappa shape index (κ2) is 13.6. The number of ether oxygens (including phenoxy) is 2. The lowest BCUT2D eigenvalue weighted by Gasteiger charge is -2.33. The van der Waals surface area contributed by atoms with Crippen molar-refractivity contribution in [2.24, 2.45) is 0 Å². The molecule has 2 unspecified atom stereocenters. The lowest BCUT2D eigenvalue weighted by atomic mass is 9.89. The van der Waals surface area contributed by atoms with E-state index in [1.54, 1.807) is 24.3 Å². The van der Waals surface area contributed by atoms with Crippen molar-refractivity contribution >= 4 is 11.8 Å². The van der Waals surface area contributed by atoms with Gasteiger partial charge in [-0.05, 0) is 74.2 Å². The molecule has 3 rings (SSSR count). The second-order valence-corrected chi connectivity index (χ2v) is 8.90. The van der Waals surface area contributed by atoms with Crippen molar-refractivity contribution in [2.45, 2.75) is 77.3 Å². The third-order valence-corrected chi connectivity index (χ3v) is 6.17. The number of hydrogen-bond acceptors (Lipinski definition) is 4. The quantitative estimate of drug-likeness (QED) is 0.404. The number of hydrogen-bond donors (Lipinski definition) is 2. The highest BCUT2D eigenvalue weighted by molar-refractivity contribution is 5.95. The van der Waals surface area contributed by atoms with Crippen molar-refractivity contribution in [2.75, 3.05) is 13.2 Å². The van der Waals surface area contributed by atoms with E-state index in [-0.39, 0.29) is 23.9 Å². The first kappa shape index (κ1) is 25.6. The fourth-order valence-electron chi connectivity index (χ4n) is 4.05. The van der Waals surface area contributed by atoms with Gasteiger partial charge in [-0.25, -0.2) is 0 Å². The van der Waals surface area contributed by atoms with Crippen LogP contribution in [-0.4, -0.2) is 37.1 Å². The Kier molecular flexibility index (Phi) is 10.3. The zero-order valence-electron chi connectivity index (χ0n) is 20.5. The molecule has 0 aliphatic heterocycles. The van der Waals surface area contributed by atoms with Crippen LogP contribution < -0.4 is 20.1 Å². The minimum absolute atomic E-state index is 0.0951. The topological polar surface area (TPSA) is 76.7 Å². The zero-order valence-corrected chi connectivity index (χ0v) is 20.5. The number of amides is 2. The molecule has 2 aromatic rings. The van der Waals surface area contributed by atoms with E-state index in [9.17, 15) is 9.59 Å². The first-order valence-electron chi connectivity index (χ1n) is 12.7. The maximum Gasteiger partial charge on any atom is 0.251 e. The minimum atomic E-state index is -0.125. The van der Waals surface area contributed by atoms with Crippen molar-refractivity contribution in [3.63, 3.8) is 0 Å². The van der Waals surface area contributed by atoms with Gasteiger partial charge >= 0.3 is 0 Å². The van der Waals surface area contributed by atoms with E-state index in [2.05, 4.69) is 24.5 Å². The lowest BCUT2D eigenvalue weighted by Crippen LogP contribution is -2.53. The van der Waals surface area contributed by atoms with Crippen molar-refractivity contribution in [1.29, 1.82) is 0 Å². The van der Waals surface area contributed by atoms with Crippen LogP contribution in [0.2, 0.25) is 0 Å². The van der Waals surface area contributed by atoms with E-state index in [0.29, 0.717) is 24.3 Å². The molecule has 0 radical (unpaired) electrons. The normalized spacial score (nSPS) is 17.6. The van der Waals surface area contributed by atoms with Gasteiger partial charge in [0.1, 0.15) is 11.5 Å². The largest absolute Gasteiger partial charge is 0.494 e. The molecule has 1 aliphatic rings. The van der Waals surface area contributed by atoms with Crippen LogP contribution in [0.15, 0.2) is 48.5 Å². The Morgan fingerprint density at radius 1 is 0.706 bits per heavy atom. The molecule has 1 fully saturated rings. The summed E-state index contributed by atoms with van der Waals surface area (Å²) in [4.78, 5) is 25.7. The van der Waals surface area contributed by atoms with Crippen LogP contribution in [0.4, 0.5) is 0 Å². The second-order valence-electron chi connectivity index (χ2n) is 8.90. The van der Waals surface area contributed by atoms with Crippen molar-refractivity contribution in [1.82, 2.24) is 10.6 Å². The smallest absolute Gasteiger partial charge is 0.251 e. The Morgan fingerprint density at radius 2 is 1.09 bits per heavy atom. The number of nitrogens with one attached hydrogen (secondary N) is 2. The zero-order chi connectivity index (χ0) is 24.2. The van der Waals surface area contributed by atoms with E-state index in [1.165, 1.54) is 0 Å². The average Bonchev–Trinajstić information content (AvgIpc) is 2.86. The summed E-state index contributed by atoms with van der Waals surface area (Å²) in [5.41, 5.74) is 1.19. The summed E-state index contributed by atoms with van der Waals surface area (Å²) in [5, 5.41) is 6.27. The van der Waals surface area contributed by atoms with Crippen LogP contribution in [0.25, 0.3) is 0 Å². The molecule has 6 nitrogen and oxygen atoms in total. The van der Waals surface area contributed by atoms with E-state index >= 15 is 0 Å². The van der Waals surface area contributed by atoms with Crippen LogP contribution in [0.1, 0.15) is 85.9 Å². The van der Waals surface area contributed by atoms with Gasteiger partial charge in [-0.2, -0.15) is 0 Å². The van der Waals surface area contributed by atoms with Gasteiger partial charge in [0.2, 0.25) is 0 Å². The summed E-state index contributed by atoms with van der Waals surface area (Å²) >= 11 is 0. The van der Waals surface area contributed by atoms with Gasteiger partial charge < -0.3 is 20.1 Å². The Labute approximate surface area is 203 Å². The summed E-state index contributed by atoms with van der Waals surface area (Å²) in [6.07, 6.45) is 7.94. The first-order chi connectivity index (χ1) is 16.6. The molecule has 184 valence electrons. The SMILES string of the molecule is CCCCOc1ccc(C(=O)NC2CCCCC2NC(=O)c2ccc(OCCCC)cc2)cc1. The van der Waals surface area contributed by atoms with Crippen LogP contribution in [0, 0.1) is 0 Å².